The SMILES string of the molecule is c1cc(-c2cccc3ccccc23)cc(-n2c3ccccc3c3c4ccccc4ncc32)c1. The number of para-hydroxylation sites is 2. The maximum atomic E-state index is 4.79. The quantitative estimate of drug-likeness (QED) is 0.276. The average Bonchev–Trinajstić information content (AvgIpc) is 3.23. The van der Waals surface area contributed by atoms with Gasteiger partial charge in [0.2, 0.25) is 0 Å². The van der Waals surface area contributed by atoms with Crippen molar-refractivity contribution in [3.8, 4) is 16.8 Å². The second-order valence-corrected chi connectivity index (χ2v) is 8.47. The van der Waals surface area contributed by atoms with Crippen molar-refractivity contribution in [3.05, 3.63) is 121 Å². The van der Waals surface area contributed by atoms with Crippen LogP contribution in [-0.2, 0) is 0 Å². The maximum absolute atomic E-state index is 4.79. The fraction of sp³-hybridized carbons (Fsp3) is 0. The van der Waals surface area contributed by atoms with Gasteiger partial charge < -0.3 is 4.57 Å². The lowest BCUT2D eigenvalue weighted by atomic mass is 9.98. The van der Waals surface area contributed by atoms with E-state index in [1.807, 2.05) is 12.3 Å². The minimum atomic E-state index is 1.03. The molecule has 0 bridgehead atoms. The summed E-state index contributed by atoms with van der Waals surface area (Å²) in [5, 5.41) is 6.23. The minimum Gasteiger partial charge on any atom is -0.308 e. The standard InChI is InChI=1S/C31H20N2/c1-2-13-24-21(9-1)10-8-16-25(24)22-11-7-12-23(19-22)33-29-18-6-4-15-27(29)31-26-14-3-5-17-28(26)32-20-30(31)33/h1-20H. The Labute approximate surface area is 191 Å². The van der Waals surface area contributed by atoms with Crippen molar-refractivity contribution in [2.75, 3.05) is 0 Å². The van der Waals surface area contributed by atoms with Crippen LogP contribution >= 0.6 is 0 Å². The molecule has 0 amide bonds. The predicted molar refractivity (Wildman–Crippen MR) is 139 cm³/mol. The molecule has 154 valence electrons. The molecule has 0 aliphatic carbocycles. The highest BCUT2D eigenvalue weighted by Gasteiger charge is 2.15. The maximum Gasteiger partial charge on any atom is 0.0730 e. The number of hydrogen-bond donors (Lipinski definition) is 0. The lowest BCUT2D eigenvalue weighted by Crippen LogP contribution is -1.95. The third kappa shape index (κ3) is 2.71. The van der Waals surface area contributed by atoms with Gasteiger partial charge >= 0.3 is 0 Å². The van der Waals surface area contributed by atoms with Crippen LogP contribution in [0, 0.1) is 0 Å². The number of fused-ring (bicyclic) bond motifs is 6. The molecule has 7 rings (SSSR count). The van der Waals surface area contributed by atoms with Gasteiger partial charge in [-0.05, 0) is 46.2 Å². The molecule has 0 aliphatic heterocycles. The summed E-state index contributed by atoms with van der Waals surface area (Å²) in [7, 11) is 0. The van der Waals surface area contributed by atoms with Gasteiger partial charge in [-0.2, -0.15) is 0 Å². The highest BCUT2D eigenvalue weighted by molar-refractivity contribution is 6.20. The molecule has 2 aromatic heterocycles. The molecule has 0 aliphatic rings. The zero-order chi connectivity index (χ0) is 21.8. The third-order valence-electron chi connectivity index (χ3n) is 6.62. The van der Waals surface area contributed by atoms with Crippen molar-refractivity contribution in [1.29, 1.82) is 0 Å². The molecule has 33 heavy (non-hydrogen) atoms. The lowest BCUT2D eigenvalue weighted by molar-refractivity contribution is 1.17. The Morgan fingerprint density at radius 1 is 0.545 bits per heavy atom. The van der Waals surface area contributed by atoms with Gasteiger partial charge in [0.15, 0.2) is 0 Å². The van der Waals surface area contributed by atoms with E-state index in [1.54, 1.807) is 0 Å². The molecule has 0 radical (unpaired) electrons. The van der Waals surface area contributed by atoms with Gasteiger partial charge in [0, 0.05) is 21.8 Å². The molecule has 0 saturated carbocycles. The van der Waals surface area contributed by atoms with E-state index in [2.05, 4.69) is 114 Å². The van der Waals surface area contributed by atoms with Gasteiger partial charge in [-0.3, -0.25) is 4.98 Å². The van der Waals surface area contributed by atoms with Gasteiger partial charge in [-0.1, -0.05) is 91.0 Å². The summed E-state index contributed by atoms with van der Waals surface area (Å²) in [5.41, 5.74) is 6.95. The molecule has 2 heteroatoms. The summed E-state index contributed by atoms with van der Waals surface area (Å²) in [6.45, 7) is 0. The summed E-state index contributed by atoms with van der Waals surface area (Å²) in [5.74, 6) is 0. The predicted octanol–water partition coefficient (Wildman–Crippen LogP) is 8.15. The average molecular weight is 421 g/mol. The second-order valence-electron chi connectivity index (χ2n) is 8.47. The van der Waals surface area contributed by atoms with E-state index < -0.39 is 0 Å². The number of nitrogens with zero attached hydrogens (tertiary/aromatic N) is 2. The minimum absolute atomic E-state index is 1.03. The fourth-order valence-corrected chi connectivity index (χ4v) is 5.16. The van der Waals surface area contributed by atoms with E-state index in [0.717, 1.165) is 16.7 Å². The molecule has 0 N–H and O–H groups in total. The zero-order valence-corrected chi connectivity index (χ0v) is 17.9. The summed E-state index contributed by atoms with van der Waals surface area (Å²) < 4.78 is 2.35. The Kier molecular flexibility index (Phi) is 3.88. The van der Waals surface area contributed by atoms with Gasteiger partial charge in [0.25, 0.3) is 0 Å². The molecule has 0 unspecified atom stereocenters. The van der Waals surface area contributed by atoms with Crippen LogP contribution in [0.1, 0.15) is 0 Å². The Bertz CT molecular complexity index is 1820. The van der Waals surface area contributed by atoms with Gasteiger partial charge in [-0.15, -0.1) is 0 Å². The smallest absolute Gasteiger partial charge is 0.0730 e. The summed E-state index contributed by atoms with van der Waals surface area (Å²) in [6, 6.07) is 41.0. The van der Waals surface area contributed by atoms with Crippen LogP contribution in [0.2, 0.25) is 0 Å². The first-order valence-electron chi connectivity index (χ1n) is 11.2. The Balaban J connectivity index is 1.55. The Morgan fingerprint density at radius 3 is 2.21 bits per heavy atom. The van der Waals surface area contributed by atoms with Crippen molar-refractivity contribution >= 4 is 43.5 Å². The number of pyridine rings is 1. The molecule has 5 aromatic carbocycles. The van der Waals surface area contributed by atoms with Crippen LogP contribution in [0.5, 0.6) is 0 Å². The van der Waals surface area contributed by atoms with Crippen LogP contribution in [0.15, 0.2) is 121 Å². The zero-order valence-electron chi connectivity index (χ0n) is 17.9. The van der Waals surface area contributed by atoms with Crippen molar-refractivity contribution in [2.45, 2.75) is 0 Å². The topological polar surface area (TPSA) is 17.8 Å². The van der Waals surface area contributed by atoms with Crippen LogP contribution in [-0.4, -0.2) is 9.55 Å². The normalized spacial score (nSPS) is 11.6. The summed E-state index contributed by atoms with van der Waals surface area (Å²) in [6.07, 6.45) is 2.02. The second kappa shape index (κ2) is 7.04. The van der Waals surface area contributed by atoms with E-state index in [9.17, 15) is 0 Å². The molecule has 0 atom stereocenters. The van der Waals surface area contributed by atoms with E-state index in [0.29, 0.717) is 0 Å². The van der Waals surface area contributed by atoms with Crippen molar-refractivity contribution < 1.29 is 0 Å². The van der Waals surface area contributed by atoms with Crippen molar-refractivity contribution in [1.82, 2.24) is 9.55 Å². The first-order valence-corrected chi connectivity index (χ1v) is 11.2. The van der Waals surface area contributed by atoms with Crippen LogP contribution in [0.3, 0.4) is 0 Å². The summed E-state index contributed by atoms with van der Waals surface area (Å²) in [4.78, 5) is 4.79. The van der Waals surface area contributed by atoms with Crippen molar-refractivity contribution in [2.24, 2.45) is 0 Å². The molecular formula is C31H20N2. The Morgan fingerprint density at radius 2 is 1.27 bits per heavy atom. The van der Waals surface area contributed by atoms with E-state index in [-0.39, 0.29) is 0 Å². The molecule has 0 saturated heterocycles. The largest absolute Gasteiger partial charge is 0.308 e. The van der Waals surface area contributed by atoms with Crippen LogP contribution in [0.4, 0.5) is 0 Å². The highest BCUT2D eigenvalue weighted by Crippen LogP contribution is 2.37. The van der Waals surface area contributed by atoms with E-state index >= 15 is 0 Å². The monoisotopic (exact) mass is 420 g/mol. The van der Waals surface area contributed by atoms with Gasteiger partial charge in [0.1, 0.15) is 0 Å². The molecular weight excluding hydrogens is 400 g/mol. The van der Waals surface area contributed by atoms with E-state index in [4.69, 9.17) is 4.98 Å². The number of rotatable bonds is 2. The van der Waals surface area contributed by atoms with Crippen LogP contribution < -0.4 is 0 Å². The van der Waals surface area contributed by atoms with Gasteiger partial charge in [-0.25, -0.2) is 0 Å². The summed E-state index contributed by atoms with van der Waals surface area (Å²) >= 11 is 0. The van der Waals surface area contributed by atoms with E-state index in [1.165, 1.54) is 43.6 Å². The number of aromatic nitrogens is 2. The van der Waals surface area contributed by atoms with Crippen LogP contribution in [0.25, 0.3) is 60.3 Å². The first kappa shape index (κ1) is 18.2. The molecule has 7 aromatic rings. The third-order valence-corrected chi connectivity index (χ3v) is 6.62. The van der Waals surface area contributed by atoms with Crippen molar-refractivity contribution in [3.63, 3.8) is 0 Å². The Hall–Kier alpha value is -4.43. The van der Waals surface area contributed by atoms with Gasteiger partial charge in [0.05, 0.1) is 22.7 Å². The molecule has 2 nitrogen and oxygen atoms in total. The number of hydrogen-bond acceptors (Lipinski definition) is 1. The molecule has 2 heterocycles. The molecule has 0 spiro atoms. The lowest BCUT2D eigenvalue weighted by Gasteiger charge is -2.12. The number of benzene rings is 5. The molecule has 0 fully saturated rings. The fourth-order valence-electron chi connectivity index (χ4n) is 5.16. The highest BCUT2D eigenvalue weighted by atomic mass is 15.0. The first-order chi connectivity index (χ1) is 16.4.